The molecule has 0 amide bonds. The zero-order chi connectivity index (χ0) is 21.5. The molecule has 0 aliphatic carbocycles. The molecular formula is C21H21ClF3N3O2. The van der Waals surface area contributed by atoms with Crippen molar-refractivity contribution >= 4 is 11.6 Å². The smallest absolute Gasteiger partial charge is 0.391 e. The standard InChI is InChI=1S/C21H21ClF3N3O2/c1-12(29)11-28-20(21(23,24)25)15(10-27-28)19-18(17-7-4-8-30-17)14(9-26-19)13-5-2-3-6-16(13)22/h2-3,5-6,9-10,12,17,26,29H,4,7-8,11H2,1H3/t12-,17-/m0/s1. The number of nitrogens with one attached hydrogen (secondary N) is 1. The summed E-state index contributed by atoms with van der Waals surface area (Å²) in [5.74, 6) is 0. The minimum absolute atomic E-state index is 0.0769. The highest BCUT2D eigenvalue weighted by Gasteiger charge is 2.40. The summed E-state index contributed by atoms with van der Waals surface area (Å²) < 4.78 is 48.6. The summed E-state index contributed by atoms with van der Waals surface area (Å²) in [6.45, 7) is 1.70. The van der Waals surface area contributed by atoms with E-state index in [1.54, 1.807) is 18.3 Å². The third-order valence-corrected chi connectivity index (χ3v) is 5.48. The van der Waals surface area contributed by atoms with Gasteiger partial charge in [-0.15, -0.1) is 0 Å². The molecule has 9 heteroatoms. The number of hydrogen-bond acceptors (Lipinski definition) is 3. The van der Waals surface area contributed by atoms with E-state index >= 15 is 0 Å². The summed E-state index contributed by atoms with van der Waals surface area (Å²) in [6.07, 6.45) is -1.59. The minimum Gasteiger partial charge on any atom is -0.391 e. The maximum Gasteiger partial charge on any atom is 0.433 e. The largest absolute Gasteiger partial charge is 0.433 e. The Morgan fingerprint density at radius 1 is 1.30 bits per heavy atom. The van der Waals surface area contributed by atoms with Crippen LogP contribution in [0.5, 0.6) is 0 Å². The van der Waals surface area contributed by atoms with E-state index in [2.05, 4.69) is 10.1 Å². The molecule has 4 rings (SSSR count). The fourth-order valence-corrected chi connectivity index (χ4v) is 4.19. The quantitative estimate of drug-likeness (QED) is 0.555. The van der Waals surface area contributed by atoms with Gasteiger partial charge in [0.05, 0.1) is 30.6 Å². The number of alkyl halides is 3. The second kappa shape index (κ2) is 8.09. The summed E-state index contributed by atoms with van der Waals surface area (Å²) in [4.78, 5) is 3.02. The van der Waals surface area contributed by atoms with Crippen LogP contribution >= 0.6 is 11.6 Å². The molecule has 1 aromatic carbocycles. The van der Waals surface area contributed by atoms with Gasteiger partial charge in [-0.25, -0.2) is 0 Å². The first-order chi connectivity index (χ1) is 14.3. The molecule has 5 nitrogen and oxygen atoms in total. The van der Waals surface area contributed by atoms with Gasteiger partial charge in [0, 0.05) is 40.1 Å². The Bertz CT molecular complexity index is 1040. The third kappa shape index (κ3) is 3.87. The average molecular weight is 440 g/mol. The molecule has 1 aliphatic rings. The number of aromatic amines is 1. The van der Waals surface area contributed by atoms with E-state index in [1.165, 1.54) is 13.1 Å². The minimum atomic E-state index is -4.65. The molecule has 0 radical (unpaired) electrons. The predicted octanol–water partition coefficient (Wildman–Crippen LogP) is 5.45. The van der Waals surface area contributed by atoms with Crippen molar-refractivity contribution in [3.05, 3.63) is 52.9 Å². The van der Waals surface area contributed by atoms with Gasteiger partial charge >= 0.3 is 6.18 Å². The van der Waals surface area contributed by atoms with E-state index in [-0.39, 0.29) is 18.2 Å². The maximum atomic E-state index is 14.0. The Labute approximate surface area is 176 Å². The van der Waals surface area contributed by atoms with Crippen molar-refractivity contribution in [3.63, 3.8) is 0 Å². The molecule has 0 saturated carbocycles. The van der Waals surface area contributed by atoms with Gasteiger partial charge in [-0.1, -0.05) is 29.8 Å². The maximum absolute atomic E-state index is 14.0. The lowest BCUT2D eigenvalue weighted by Gasteiger charge is -2.17. The normalized spacial score (nSPS) is 18.1. The fraction of sp³-hybridized carbons (Fsp3) is 0.381. The number of aliphatic hydroxyl groups excluding tert-OH is 1. The number of nitrogens with zero attached hydrogens (tertiary/aromatic N) is 2. The van der Waals surface area contributed by atoms with E-state index in [9.17, 15) is 18.3 Å². The number of aromatic nitrogens is 3. The molecule has 1 fully saturated rings. The molecule has 2 aromatic heterocycles. The van der Waals surface area contributed by atoms with Crippen LogP contribution in [-0.2, 0) is 17.5 Å². The lowest BCUT2D eigenvalue weighted by atomic mass is 9.94. The van der Waals surface area contributed by atoms with Crippen molar-refractivity contribution < 1.29 is 23.0 Å². The highest BCUT2D eigenvalue weighted by atomic mass is 35.5. The van der Waals surface area contributed by atoms with Gasteiger partial charge in [0.15, 0.2) is 5.69 Å². The van der Waals surface area contributed by atoms with E-state index in [0.717, 1.165) is 16.7 Å². The highest BCUT2D eigenvalue weighted by Crippen LogP contribution is 2.46. The number of rotatable bonds is 5. The van der Waals surface area contributed by atoms with E-state index < -0.39 is 18.0 Å². The van der Waals surface area contributed by atoms with Crippen molar-refractivity contribution in [1.29, 1.82) is 0 Å². The summed E-state index contributed by atoms with van der Waals surface area (Å²) in [5, 5.41) is 14.0. The summed E-state index contributed by atoms with van der Waals surface area (Å²) >= 11 is 6.38. The average Bonchev–Trinajstić information content (AvgIpc) is 3.39. The Hall–Kier alpha value is -2.29. The molecule has 3 heterocycles. The first kappa shape index (κ1) is 21.0. The molecule has 2 atom stereocenters. The SMILES string of the molecule is C[C@H](O)Cn1ncc(-c2[nH]cc(-c3ccccc3Cl)c2[C@@H]2CCCO2)c1C(F)(F)F. The van der Waals surface area contributed by atoms with Crippen LogP contribution in [-0.4, -0.2) is 32.6 Å². The van der Waals surface area contributed by atoms with Crippen molar-refractivity contribution in [1.82, 2.24) is 14.8 Å². The van der Waals surface area contributed by atoms with Gasteiger partial charge in [0.1, 0.15) is 0 Å². The van der Waals surface area contributed by atoms with Crippen molar-refractivity contribution in [2.24, 2.45) is 0 Å². The topological polar surface area (TPSA) is 63.1 Å². The van der Waals surface area contributed by atoms with E-state index in [4.69, 9.17) is 16.3 Å². The van der Waals surface area contributed by atoms with Crippen LogP contribution in [0.25, 0.3) is 22.4 Å². The molecule has 30 heavy (non-hydrogen) atoms. The number of ether oxygens (including phenoxy) is 1. The Kier molecular flexibility index (Phi) is 5.65. The van der Waals surface area contributed by atoms with Crippen LogP contribution in [0.15, 0.2) is 36.7 Å². The van der Waals surface area contributed by atoms with Gasteiger partial charge in [-0.2, -0.15) is 18.3 Å². The number of H-pyrrole nitrogens is 1. The van der Waals surface area contributed by atoms with Crippen LogP contribution in [0.3, 0.4) is 0 Å². The monoisotopic (exact) mass is 439 g/mol. The summed E-state index contributed by atoms with van der Waals surface area (Å²) in [6, 6.07) is 7.20. The molecule has 160 valence electrons. The van der Waals surface area contributed by atoms with E-state index in [1.807, 2.05) is 12.1 Å². The zero-order valence-electron chi connectivity index (χ0n) is 16.2. The molecule has 0 unspecified atom stereocenters. The van der Waals surface area contributed by atoms with Gasteiger partial charge in [0.25, 0.3) is 0 Å². The summed E-state index contributed by atoms with van der Waals surface area (Å²) in [7, 11) is 0. The van der Waals surface area contributed by atoms with Gasteiger partial charge in [0.2, 0.25) is 0 Å². The van der Waals surface area contributed by atoms with E-state index in [0.29, 0.717) is 34.9 Å². The fourth-order valence-electron chi connectivity index (χ4n) is 3.96. The Balaban J connectivity index is 1.92. The van der Waals surface area contributed by atoms with Crippen LogP contribution in [0.4, 0.5) is 13.2 Å². The Morgan fingerprint density at radius 3 is 2.70 bits per heavy atom. The van der Waals surface area contributed by atoms with Crippen molar-refractivity contribution in [2.75, 3.05) is 6.61 Å². The van der Waals surface area contributed by atoms with Crippen molar-refractivity contribution in [2.45, 2.75) is 44.7 Å². The van der Waals surface area contributed by atoms with Gasteiger partial charge in [-0.3, -0.25) is 4.68 Å². The zero-order valence-corrected chi connectivity index (χ0v) is 17.0. The van der Waals surface area contributed by atoms with Crippen LogP contribution in [0.1, 0.15) is 37.1 Å². The lowest BCUT2D eigenvalue weighted by molar-refractivity contribution is -0.144. The molecule has 0 bridgehead atoms. The first-order valence-corrected chi connectivity index (χ1v) is 10.0. The van der Waals surface area contributed by atoms with Crippen LogP contribution in [0, 0.1) is 0 Å². The van der Waals surface area contributed by atoms with Crippen LogP contribution in [0.2, 0.25) is 5.02 Å². The first-order valence-electron chi connectivity index (χ1n) is 9.66. The predicted molar refractivity (Wildman–Crippen MR) is 107 cm³/mol. The molecular weight excluding hydrogens is 419 g/mol. The van der Waals surface area contributed by atoms with Crippen molar-refractivity contribution in [3.8, 4) is 22.4 Å². The summed E-state index contributed by atoms with van der Waals surface area (Å²) in [5.41, 5.74) is 1.39. The molecule has 2 N–H and O–H groups in total. The number of benzene rings is 1. The number of hydrogen-bond donors (Lipinski definition) is 2. The molecule has 1 aliphatic heterocycles. The van der Waals surface area contributed by atoms with Crippen LogP contribution < -0.4 is 0 Å². The highest BCUT2D eigenvalue weighted by molar-refractivity contribution is 6.33. The Morgan fingerprint density at radius 2 is 2.07 bits per heavy atom. The van der Waals surface area contributed by atoms with Gasteiger partial charge in [-0.05, 0) is 25.8 Å². The molecule has 3 aromatic rings. The van der Waals surface area contributed by atoms with Gasteiger partial charge < -0.3 is 14.8 Å². The molecule has 0 spiro atoms. The second-order valence-corrected chi connectivity index (χ2v) is 7.82. The second-order valence-electron chi connectivity index (χ2n) is 7.41. The number of halogens is 4. The lowest BCUT2D eigenvalue weighted by Crippen LogP contribution is -2.21. The number of aliphatic hydroxyl groups is 1. The molecule has 1 saturated heterocycles. The third-order valence-electron chi connectivity index (χ3n) is 5.15.